The van der Waals surface area contributed by atoms with Crippen LogP contribution in [-0.4, -0.2) is 45.3 Å². The van der Waals surface area contributed by atoms with E-state index in [1.165, 1.54) is 18.3 Å². The Balaban J connectivity index is 1.75. The van der Waals surface area contributed by atoms with E-state index in [1.807, 2.05) is 47.8 Å². The number of aromatic nitrogens is 3. The number of fused-ring (bicyclic) bond motifs is 1. The molecule has 0 spiro atoms. The quantitative estimate of drug-likeness (QED) is 0.408. The fraction of sp³-hybridized carbons (Fsp3) is 0.208. The largest absolute Gasteiger partial charge is 0.449 e. The van der Waals surface area contributed by atoms with Gasteiger partial charge in [0.05, 0.1) is 32.9 Å². The predicted octanol–water partition coefficient (Wildman–Crippen LogP) is 3.85. The topological polar surface area (TPSA) is 115 Å². The summed E-state index contributed by atoms with van der Waals surface area (Å²) >= 11 is 1.49. The molecule has 10 heteroatoms. The lowest BCUT2D eigenvalue weighted by molar-refractivity contribution is -0.127. The lowest BCUT2D eigenvalue weighted by Gasteiger charge is -2.14. The van der Waals surface area contributed by atoms with E-state index in [2.05, 4.69) is 15.7 Å². The monoisotopic (exact) mass is 477 g/mol. The van der Waals surface area contributed by atoms with Crippen LogP contribution in [0.5, 0.6) is 0 Å². The van der Waals surface area contributed by atoms with Crippen LogP contribution in [0.1, 0.15) is 29.9 Å². The van der Waals surface area contributed by atoms with E-state index in [-0.39, 0.29) is 5.56 Å². The van der Waals surface area contributed by atoms with Crippen LogP contribution in [0.25, 0.3) is 27.3 Å². The van der Waals surface area contributed by atoms with Crippen molar-refractivity contribution in [1.82, 2.24) is 25.4 Å². The zero-order valence-corrected chi connectivity index (χ0v) is 19.7. The van der Waals surface area contributed by atoms with Gasteiger partial charge in [0, 0.05) is 6.54 Å². The summed E-state index contributed by atoms with van der Waals surface area (Å²) in [5.41, 5.74) is 2.72. The van der Waals surface area contributed by atoms with Gasteiger partial charge in [0.25, 0.3) is 5.91 Å². The van der Waals surface area contributed by atoms with Crippen molar-refractivity contribution in [1.29, 1.82) is 0 Å². The van der Waals surface area contributed by atoms with Crippen LogP contribution in [0, 0.1) is 6.92 Å². The van der Waals surface area contributed by atoms with Crippen molar-refractivity contribution >= 4 is 40.3 Å². The van der Waals surface area contributed by atoms with Crippen LogP contribution in [0.3, 0.4) is 0 Å². The van der Waals surface area contributed by atoms with E-state index in [0.717, 1.165) is 10.6 Å². The normalized spacial score (nSPS) is 11.7. The maximum absolute atomic E-state index is 13.2. The molecule has 174 valence electrons. The van der Waals surface area contributed by atoms with E-state index < -0.39 is 24.0 Å². The number of amides is 3. The Hall–Kier alpha value is -4.05. The molecule has 0 saturated carbocycles. The number of pyridine rings is 1. The second-order valence-electron chi connectivity index (χ2n) is 7.46. The number of carbonyl (C=O) groups excluding carboxylic acids is 3. The van der Waals surface area contributed by atoms with Gasteiger partial charge < -0.3 is 10.1 Å². The number of hydrogen-bond donors (Lipinski definition) is 2. The highest BCUT2D eigenvalue weighted by Crippen LogP contribution is 2.31. The summed E-state index contributed by atoms with van der Waals surface area (Å²) in [7, 11) is 0. The molecule has 1 aromatic carbocycles. The van der Waals surface area contributed by atoms with Gasteiger partial charge in [0.15, 0.2) is 11.8 Å². The van der Waals surface area contributed by atoms with Gasteiger partial charge in [-0.25, -0.2) is 19.3 Å². The van der Waals surface area contributed by atoms with E-state index in [1.54, 1.807) is 24.6 Å². The Kier molecular flexibility index (Phi) is 6.69. The van der Waals surface area contributed by atoms with Crippen molar-refractivity contribution in [3.8, 4) is 16.3 Å². The van der Waals surface area contributed by atoms with E-state index in [0.29, 0.717) is 29.0 Å². The van der Waals surface area contributed by atoms with Gasteiger partial charge in [-0.2, -0.15) is 5.10 Å². The molecule has 0 aliphatic heterocycles. The third-order valence-corrected chi connectivity index (χ3v) is 5.93. The zero-order chi connectivity index (χ0) is 24.2. The third-order valence-electron chi connectivity index (χ3n) is 5.03. The number of imide groups is 1. The number of urea groups is 1. The number of benzene rings is 1. The molecule has 0 aliphatic carbocycles. The Bertz CT molecular complexity index is 1350. The lowest BCUT2D eigenvalue weighted by atomic mass is 10.1. The number of esters is 1. The molecular weight excluding hydrogens is 454 g/mol. The SMILES string of the molecule is CCNC(=O)NC(=O)C(C)OC(=O)c1cc(-c2cccs2)nc2c1c(C)nn2-c1ccccc1. The number of hydrogen-bond acceptors (Lipinski definition) is 7. The summed E-state index contributed by atoms with van der Waals surface area (Å²) in [6, 6.07) is 14.3. The molecule has 2 N–H and O–H groups in total. The van der Waals surface area contributed by atoms with Gasteiger partial charge in [-0.1, -0.05) is 24.3 Å². The molecule has 0 fully saturated rings. The van der Waals surface area contributed by atoms with Crippen LogP contribution in [0.15, 0.2) is 53.9 Å². The summed E-state index contributed by atoms with van der Waals surface area (Å²) in [5, 5.41) is 11.7. The second-order valence-corrected chi connectivity index (χ2v) is 8.41. The first-order chi connectivity index (χ1) is 16.4. The molecule has 34 heavy (non-hydrogen) atoms. The minimum absolute atomic E-state index is 0.241. The molecule has 1 unspecified atom stereocenters. The Morgan fingerprint density at radius 3 is 2.59 bits per heavy atom. The van der Waals surface area contributed by atoms with Crippen LogP contribution in [0.4, 0.5) is 4.79 Å². The van der Waals surface area contributed by atoms with Gasteiger partial charge in [-0.3, -0.25) is 10.1 Å². The van der Waals surface area contributed by atoms with Gasteiger partial charge in [-0.15, -0.1) is 11.3 Å². The fourth-order valence-corrected chi connectivity index (χ4v) is 4.13. The summed E-state index contributed by atoms with van der Waals surface area (Å²) in [4.78, 5) is 42.9. The van der Waals surface area contributed by atoms with E-state index >= 15 is 0 Å². The lowest BCUT2D eigenvalue weighted by Crippen LogP contribution is -2.44. The van der Waals surface area contributed by atoms with Crippen LogP contribution < -0.4 is 10.6 Å². The molecular formula is C24H23N5O4S. The minimum Gasteiger partial charge on any atom is -0.449 e. The number of para-hydroxylation sites is 1. The Morgan fingerprint density at radius 1 is 1.15 bits per heavy atom. The molecule has 3 amide bonds. The molecule has 0 radical (unpaired) electrons. The number of thiophene rings is 1. The van der Waals surface area contributed by atoms with Crippen molar-refractivity contribution in [2.75, 3.05) is 6.54 Å². The van der Waals surface area contributed by atoms with E-state index in [4.69, 9.17) is 9.72 Å². The number of nitrogens with one attached hydrogen (secondary N) is 2. The molecule has 4 aromatic rings. The average molecular weight is 478 g/mol. The molecule has 9 nitrogen and oxygen atoms in total. The standard InChI is InChI=1S/C24H23N5O4S/c1-4-25-24(32)27-22(30)15(3)33-23(31)17-13-18(19-11-8-12-34-19)26-21-20(17)14(2)28-29(21)16-9-6-5-7-10-16/h5-13,15H,4H2,1-3H3,(H2,25,27,30,32). The number of ether oxygens (including phenoxy) is 1. The van der Waals surface area contributed by atoms with Crippen molar-refractivity contribution in [2.24, 2.45) is 0 Å². The van der Waals surface area contributed by atoms with Gasteiger partial charge in [-0.05, 0) is 50.4 Å². The maximum atomic E-state index is 13.2. The average Bonchev–Trinajstić information content (AvgIpc) is 3.47. The fourth-order valence-electron chi connectivity index (χ4n) is 3.45. The highest BCUT2D eigenvalue weighted by molar-refractivity contribution is 7.13. The first kappa shape index (κ1) is 23.1. The van der Waals surface area contributed by atoms with Crippen molar-refractivity contribution in [3.63, 3.8) is 0 Å². The van der Waals surface area contributed by atoms with Gasteiger partial charge in [0.1, 0.15) is 0 Å². The molecule has 1 atom stereocenters. The number of rotatable bonds is 6. The highest BCUT2D eigenvalue weighted by atomic mass is 32.1. The van der Waals surface area contributed by atoms with Crippen molar-refractivity contribution < 1.29 is 19.1 Å². The molecule has 0 bridgehead atoms. The molecule has 0 saturated heterocycles. The summed E-state index contributed by atoms with van der Waals surface area (Å²) in [6.07, 6.45) is -1.19. The predicted molar refractivity (Wildman–Crippen MR) is 129 cm³/mol. The number of nitrogens with zero attached hydrogens (tertiary/aromatic N) is 3. The smallest absolute Gasteiger partial charge is 0.339 e. The van der Waals surface area contributed by atoms with Gasteiger partial charge in [0.2, 0.25) is 0 Å². The number of carbonyl (C=O) groups is 3. The Labute approximate surface area is 199 Å². The molecule has 3 aromatic heterocycles. The van der Waals surface area contributed by atoms with Gasteiger partial charge >= 0.3 is 12.0 Å². The first-order valence-electron chi connectivity index (χ1n) is 10.7. The molecule has 3 heterocycles. The minimum atomic E-state index is -1.19. The summed E-state index contributed by atoms with van der Waals surface area (Å²) in [6.45, 7) is 5.28. The molecule has 4 rings (SSSR count). The van der Waals surface area contributed by atoms with Crippen LogP contribution in [-0.2, 0) is 9.53 Å². The van der Waals surface area contributed by atoms with E-state index in [9.17, 15) is 14.4 Å². The first-order valence-corrected chi connectivity index (χ1v) is 11.6. The van der Waals surface area contributed by atoms with Crippen molar-refractivity contribution in [3.05, 3.63) is 65.2 Å². The number of aryl methyl sites for hydroxylation is 1. The third kappa shape index (κ3) is 4.67. The molecule has 0 aliphatic rings. The summed E-state index contributed by atoms with van der Waals surface area (Å²) < 4.78 is 7.12. The van der Waals surface area contributed by atoms with Crippen molar-refractivity contribution in [2.45, 2.75) is 26.9 Å². The second kappa shape index (κ2) is 9.84. The maximum Gasteiger partial charge on any atom is 0.339 e. The zero-order valence-electron chi connectivity index (χ0n) is 18.9. The van der Waals surface area contributed by atoms with Crippen LogP contribution >= 0.6 is 11.3 Å². The Morgan fingerprint density at radius 2 is 1.91 bits per heavy atom. The highest BCUT2D eigenvalue weighted by Gasteiger charge is 2.26. The summed E-state index contributed by atoms with van der Waals surface area (Å²) in [5.74, 6) is -1.43. The van der Waals surface area contributed by atoms with Crippen LogP contribution in [0.2, 0.25) is 0 Å².